The zero-order valence-electron chi connectivity index (χ0n) is 13.3. The van der Waals surface area contributed by atoms with Crippen LogP contribution in [0.2, 0.25) is 5.02 Å². The van der Waals surface area contributed by atoms with Gasteiger partial charge in [-0.05, 0) is 54.1 Å². The third kappa shape index (κ3) is 4.75. The van der Waals surface area contributed by atoms with Crippen LogP contribution in [0.25, 0.3) is 0 Å². The monoisotopic (exact) mass is 372 g/mol. The first kappa shape index (κ1) is 17.3. The van der Waals surface area contributed by atoms with Crippen LogP contribution >= 0.6 is 11.6 Å². The molecule has 0 fully saturated rings. The van der Waals surface area contributed by atoms with E-state index in [0.717, 1.165) is 11.3 Å². The molecule has 25 heavy (non-hydrogen) atoms. The van der Waals surface area contributed by atoms with Gasteiger partial charge in [0.25, 0.3) is 10.0 Å². The molecule has 3 aromatic rings. The molecule has 0 aliphatic carbocycles. The summed E-state index contributed by atoms with van der Waals surface area (Å²) in [6.45, 7) is 0.659. The molecule has 0 spiro atoms. The number of anilines is 2. The van der Waals surface area contributed by atoms with Crippen LogP contribution in [-0.4, -0.2) is 8.42 Å². The summed E-state index contributed by atoms with van der Waals surface area (Å²) >= 11 is 5.87. The zero-order chi connectivity index (χ0) is 17.7. The Morgan fingerprint density at radius 1 is 0.760 bits per heavy atom. The Bertz CT molecular complexity index is 925. The molecule has 0 aliphatic heterocycles. The molecule has 6 heteroatoms. The fourth-order valence-corrected chi connectivity index (χ4v) is 3.48. The molecule has 0 atom stereocenters. The highest BCUT2D eigenvalue weighted by Crippen LogP contribution is 2.19. The molecule has 3 rings (SSSR count). The average Bonchev–Trinajstić information content (AvgIpc) is 2.63. The lowest BCUT2D eigenvalue weighted by Crippen LogP contribution is -2.12. The van der Waals surface area contributed by atoms with Crippen molar-refractivity contribution in [1.29, 1.82) is 0 Å². The summed E-state index contributed by atoms with van der Waals surface area (Å²) in [6, 6.07) is 23.0. The van der Waals surface area contributed by atoms with Crippen molar-refractivity contribution in [2.24, 2.45) is 0 Å². The SMILES string of the molecule is O=S(=O)(Nc1ccc(NCc2ccc(Cl)cc2)cc1)c1ccccc1. The Morgan fingerprint density at radius 2 is 1.36 bits per heavy atom. The molecule has 3 aromatic carbocycles. The Hall–Kier alpha value is -2.50. The summed E-state index contributed by atoms with van der Waals surface area (Å²) in [6.07, 6.45) is 0. The smallest absolute Gasteiger partial charge is 0.261 e. The van der Waals surface area contributed by atoms with Gasteiger partial charge in [0, 0.05) is 22.9 Å². The van der Waals surface area contributed by atoms with Gasteiger partial charge >= 0.3 is 0 Å². The van der Waals surface area contributed by atoms with Crippen LogP contribution in [0.3, 0.4) is 0 Å². The number of nitrogens with one attached hydrogen (secondary N) is 2. The molecular formula is C19H17ClN2O2S. The van der Waals surface area contributed by atoms with Crippen LogP contribution in [0.4, 0.5) is 11.4 Å². The van der Waals surface area contributed by atoms with E-state index in [1.807, 2.05) is 36.4 Å². The molecule has 0 aromatic heterocycles. The lowest BCUT2D eigenvalue weighted by molar-refractivity contribution is 0.601. The molecule has 0 unspecified atom stereocenters. The molecule has 0 bridgehead atoms. The maximum absolute atomic E-state index is 12.3. The number of halogens is 1. The number of benzene rings is 3. The minimum Gasteiger partial charge on any atom is -0.381 e. The predicted octanol–water partition coefficient (Wildman–Crippen LogP) is 4.75. The van der Waals surface area contributed by atoms with Crippen LogP contribution in [0.15, 0.2) is 83.8 Å². The first-order chi connectivity index (χ1) is 12.0. The second-order valence-electron chi connectivity index (χ2n) is 5.48. The quantitative estimate of drug-likeness (QED) is 0.656. The summed E-state index contributed by atoms with van der Waals surface area (Å²) in [5, 5.41) is 3.99. The van der Waals surface area contributed by atoms with Gasteiger partial charge in [-0.15, -0.1) is 0 Å². The third-order valence-corrected chi connectivity index (χ3v) is 5.25. The van der Waals surface area contributed by atoms with Gasteiger partial charge in [-0.25, -0.2) is 8.42 Å². The molecule has 4 nitrogen and oxygen atoms in total. The van der Waals surface area contributed by atoms with E-state index in [9.17, 15) is 8.42 Å². The maximum atomic E-state index is 12.3. The van der Waals surface area contributed by atoms with Gasteiger partial charge < -0.3 is 5.32 Å². The van der Waals surface area contributed by atoms with Crippen molar-refractivity contribution in [1.82, 2.24) is 0 Å². The summed E-state index contributed by atoms with van der Waals surface area (Å²) < 4.78 is 27.1. The first-order valence-corrected chi connectivity index (χ1v) is 9.55. The number of sulfonamides is 1. The Kier molecular flexibility index (Phi) is 5.26. The van der Waals surface area contributed by atoms with Crippen molar-refractivity contribution in [2.45, 2.75) is 11.4 Å². The van der Waals surface area contributed by atoms with E-state index < -0.39 is 10.0 Å². The van der Waals surface area contributed by atoms with E-state index in [-0.39, 0.29) is 4.90 Å². The highest BCUT2D eigenvalue weighted by atomic mass is 35.5. The zero-order valence-corrected chi connectivity index (χ0v) is 14.9. The minimum absolute atomic E-state index is 0.236. The summed E-state index contributed by atoms with van der Waals surface area (Å²) in [4.78, 5) is 0.236. The topological polar surface area (TPSA) is 58.2 Å². The van der Waals surface area contributed by atoms with Crippen LogP contribution in [0, 0.1) is 0 Å². The Morgan fingerprint density at radius 3 is 2.00 bits per heavy atom. The van der Waals surface area contributed by atoms with Crippen LogP contribution in [0.5, 0.6) is 0 Å². The van der Waals surface area contributed by atoms with E-state index >= 15 is 0 Å². The van der Waals surface area contributed by atoms with Crippen molar-refractivity contribution >= 4 is 33.0 Å². The standard InChI is InChI=1S/C19H17ClN2O2S/c20-16-8-6-15(7-9-16)14-21-17-10-12-18(13-11-17)22-25(23,24)19-4-2-1-3-5-19/h1-13,21-22H,14H2. The Labute approximate surface area is 152 Å². The van der Waals surface area contributed by atoms with Gasteiger partial charge in [0.2, 0.25) is 0 Å². The highest BCUT2D eigenvalue weighted by molar-refractivity contribution is 7.92. The summed E-state index contributed by atoms with van der Waals surface area (Å²) in [5.41, 5.74) is 2.52. The summed E-state index contributed by atoms with van der Waals surface area (Å²) in [5.74, 6) is 0. The number of hydrogen-bond donors (Lipinski definition) is 2. The van der Waals surface area contributed by atoms with Gasteiger partial charge in [-0.3, -0.25) is 4.72 Å². The lowest BCUT2D eigenvalue weighted by Gasteiger charge is -2.10. The van der Waals surface area contributed by atoms with E-state index in [4.69, 9.17) is 11.6 Å². The molecule has 0 saturated heterocycles. The lowest BCUT2D eigenvalue weighted by atomic mass is 10.2. The fourth-order valence-electron chi connectivity index (χ4n) is 2.28. The van der Waals surface area contributed by atoms with Gasteiger partial charge in [-0.1, -0.05) is 41.9 Å². The van der Waals surface area contributed by atoms with Crippen molar-refractivity contribution < 1.29 is 8.42 Å². The fraction of sp³-hybridized carbons (Fsp3) is 0.0526. The predicted molar refractivity (Wildman–Crippen MR) is 102 cm³/mol. The van der Waals surface area contributed by atoms with Crippen LogP contribution in [-0.2, 0) is 16.6 Å². The second-order valence-corrected chi connectivity index (χ2v) is 7.59. The van der Waals surface area contributed by atoms with Gasteiger partial charge in [0.05, 0.1) is 4.90 Å². The molecule has 2 N–H and O–H groups in total. The third-order valence-electron chi connectivity index (χ3n) is 3.60. The molecule has 0 amide bonds. The van der Waals surface area contributed by atoms with Crippen molar-refractivity contribution in [2.75, 3.05) is 10.0 Å². The molecule has 0 heterocycles. The normalized spacial score (nSPS) is 11.1. The van der Waals surface area contributed by atoms with E-state index in [0.29, 0.717) is 17.3 Å². The largest absolute Gasteiger partial charge is 0.381 e. The maximum Gasteiger partial charge on any atom is 0.261 e. The molecule has 128 valence electrons. The molecule has 0 saturated carbocycles. The van der Waals surface area contributed by atoms with Gasteiger partial charge in [0.1, 0.15) is 0 Å². The van der Waals surface area contributed by atoms with E-state index in [2.05, 4.69) is 10.0 Å². The average molecular weight is 373 g/mol. The number of rotatable bonds is 6. The van der Waals surface area contributed by atoms with Crippen LogP contribution < -0.4 is 10.0 Å². The first-order valence-electron chi connectivity index (χ1n) is 7.69. The van der Waals surface area contributed by atoms with E-state index in [1.54, 1.807) is 42.5 Å². The molecule has 0 aliphatic rings. The molecular weight excluding hydrogens is 356 g/mol. The Balaban J connectivity index is 1.63. The van der Waals surface area contributed by atoms with Gasteiger partial charge in [-0.2, -0.15) is 0 Å². The number of hydrogen-bond acceptors (Lipinski definition) is 3. The minimum atomic E-state index is -3.57. The summed E-state index contributed by atoms with van der Waals surface area (Å²) in [7, 11) is -3.57. The van der Waals surface area contributed by atoms with Gasteiger partial charge in [0.15, 0.2) is 0 Å². The van der Waals surface area contributed by atoms with Crippen molar-refractivity contribution in [3.63, 3.8) is 0 Å². The molecule has 0 radical (unpaired) electrons. The van der Waals surface area contributed by atoms with Crippen molar-refractivity contribution in [3.8, 4) is 0 Å². The van der Waals surface area contributed by atoms with E-state index in [1.165, 1.54) is 0 Å². The van der Waals surface area contributed by atoms with Crippen LogP contribution in [0.1, 0.15) is 5.56 Å². The highest BCUT2D eigenvalue weighted by Gasteiger charge is 2.13. The van der Waals surface area contributed by atoms with Crippen molar-refractivity contribution in [3.05, 3.63) is 89.4 Å². The second kappa shape index (κ2) is 7.59.